The van der Waals surface area contributed by atoms with Crippen molar-refractivity contribution in [1.82, 2.24) is 14.7 Å². The van der Waals surface area contributed by atoms with Gasteiger partial charge in [0, 0.05) is 24.4 Å². The van der Waals surface area contributed by atoms with Gasteiger partial charge in [-0.3, -0.25) is 4.68 Å². The largest absolute Gasteiger partial charge is 0.444 e. The molecular weight excluding hydrogens is 332 g/mol. The Labute approximate surface area is 145 Å². The molecule has 0 saturated heterocycles. The van der Waals surface area contributed by atoms with Crippen molar-refractivity contribution in [2.45, 2.75) is 83.7 Å². The average molecular weight is 357 g/mol. The van der Waals surface area contributed by atoms with Crippen molar-refractivity contribution in [3.05, 3.63) is 17.0 Å². The molecule has 1 N–H and O–H groups in total. The monoisotopic (exact) mass is 357 g/mol. The summed E-state index contributed by atoms with van der Waals surface area (Å²) in [6, 6.07) is -0.194. The smallest absolute Gasteiger partial charge is 0.410 e. The van der Waals surface area contributed by atoms with E-state index >= 15 is 0 Å². The number of hydrogen-bond donors (Lipinski definition) is 1. The summed E-state index contributed by atoms with van der Waals surface area (Å²) in [6.07, 6.45) is -1.36. The topological polar surface area (TPSA) is 67.6 Å². The van der Waals surface area contributed by atoms with Gasteiger partial charge in [-0.1, -0.05) is 0 Å². The molecule has 1 amide bonds. The molecule has 0 fully saturated rings. The zero-order valence-corrected chi connectivity index (χ0v) is 15.1. The number of rotatable bonds is 0. The lowest BCUT2D eigenvalue weighted by Crippen LogP contribution is -2.45. The summed E-state index contributed by atoms with van der Waals surface area (Å²) >= 11 is 0. The highest BCUT2D eigenvalue weighted by atomic mass is 19.3. The van der Waals surface area contributed by atoms with E-state index in [-0.39, 0.29) is 31.2 Å². The van der Waals surface area contributed by atoms with Crippen molar-refractivity contribution in [2.75, 3.05) is 0 Å². The normalized spacial score (nSPS) is 25.8. The van der Waals surface area contributed by atoms with Crippen LogP contribution in [0.25, 0.3) is 0 Å². The molecule has 3 rings (SSSR count). The van der Waals surface area contributed by atoms with Crippen molar-refractivity contribution in [2.24, 2.45) is 0 Å². The van der Waals surface area contributed by atoms with Gasteiger partial charge in [-0.05, 0) is 34.1 Å². The number of fused-ring (bicyclic) bond motifs is 3. The summed E-state index contributed by atoms with van der Waals surface area (Å²) in [6.45, 7) is 7.26. The molecule has 0 spiro atoms. The van der Waals surface area contributed by atoms with Crippen LogP contribution in [0.1, 0.15) is 57.5 Å². The van der Waals surface area contributed by atoms with E-state index in [2.05, 4.69) is 5.10 Å². The summed E-state index contributed by atoms with van der Waals surface area (Å²) in [7, 11) is 0. The van der Waals surface area contributed by atoms with E-state index in [9.17, 15) is 18.7 Å². The SMILES string of the molecule is CC1Cc2nn3c(c2CN1C(=O)OC(C)(C)C)C(F)(F)CCC(O)C3. The summed E-state index contributed by atoms with van der Waals surface area (Å²) in [5.74, 6) is -3.07. The minimum atomic E-state index is -3.07. The number of aliphatic hydroxyl groups excluding tert-OH is 1. The first-order chi connectivity index (χ1) is 11.5. The highest BCUT2D eigenvalue weighted by molar-refractivity contribution is 5.69. The highest BCUT2D eigenvalue weighted by Crippen LogP contribution is 2.41. The van der Waals surface area contributed by atoms with Gasteiger partial charge in [0.15, 0.2) is 0 Å². The number of carbonyl (C=O) groups is 1. The van der Waals surface area contributed by atoms with Crippen LogP contribution in [0.2, 0.25) is 0 Å². The maximum Gasteiger partial charge on any atom is 0.410 e. The molecule has 2 unspecified atom stereocenters. The fourth-order valence-corrected chi connectivity index (χ4v) is 3.46. The molecule has 25 heavy (non-hydrogen) atoms. The van der Waals surface area contributed by atoms with Crippen LogP contribution in [0.4, 0.5) is 13.6 Å². The molecule has 0 saturated carbocycles. The Morgan fingerprint density at radius 2 is 2.08 bits per heavy atom. The molecule has 2 aliphatic heterocycles. The summed E-state index contributed by atoms with van der Waals surface area (Å²) < 4.78 is 35.9. The van der Waals surface area contributed by atoms with Crippen molar-refractivity contribution in [1.29, 1.82) is 0 Å². The summed E-state index contributed by atoms with van der Waals surface area (Å²) in [4.78, 5) is 13.9. The predicted octanol–water partition coefficient (Wildman–Crippen LogP) is 2.81. The molecule has 2 atom stereocenters. The molecule has 0 aliphatic carbocycles. The van der Waals surface area contributed by atoms with Gasteiger partial charge in [0.05, 0.1) is 24.9 Å². The van der Waals surface area contributed by atoms with E-state index in [1.807, 2.05) is 6.92 Å². The molecule has 3 heterocycles. The van der Waals surface area contributed by atoms with Gasteiger partial charge in [-0.25, -0.2) is 4.79 Å². The molecule has 1 aromatic heterocycles. The first-order valence-corrected chi connectivity index (χ1v) is 8.62. The molecule has 6 nitrogen and oxygen atoms in total. The van der Waals surface area contributed by atoms with Gasteiger partial charge >= 0.3 is 6.09 Å². The number of halogens is 2. The number of carbonyl (C=O) groups excluding carboxylic acids is 1. The van der Waals surface area contributed by atoms with Crippen molar-refractivity contribution < 1.29 is 23.4 Å². The van der Waals surface area contributed by atoms with Gasteiger partial charge in [-0.15, -0.1) is 0 Å². The summed E-state index contributed by atoms with van der Waals surface area (Å²) in [5, 5.41) is 14.2. The van der Waals surface area contributed by atoms with E-state index in [4.69, 9.17) is 4.74 Å². The van der Waals surface area contributed by atoms with Crippen LogP contribution in [0.5, 0.6) is 0 Å². The molecule has 2 aliphatic rings. The van der Waals surface area contributed by atoms with E-state index in [0.717, 1.165) is 0 Å². The van der Waals surface area contributed by atoms with E-state index in [0.29, 0.717) is 17.7 Å². The van der Waals surface area contributed by atoms with Gasteiger partial charge in [0.1, 0.15) is 11.3 Å². The van der Waals surface area contributed by atoms with Crippen LogP contribution in [0, 0.1) is 0 Å². The van der Waals surface area contributed by atoms with Crippen molar-refractivity contribution in [3.63, 3.8) is 0 Å². The van der Waals surface area contributed by atoms with Crippen LogP contribution in [-0.4, -0.2) is 43.6 Å². The Bertz CT molecular complexity index is 681. The Morgan fingerprint density at radius 1 is 1.40 bits per heavy atom. The van der Waals surface area contributed by atoms with Crippen LogP contribution in [0.15, 0.2) is 0 Å². The third-order valence-electron chi connectivity index (χ3n) is 4.63. The Balaban J connectivity index is 1.96. The minimum Gasteiger partial charge on any atom is -0.444 e. The Hall–Kier alpha value is -1.70. The molecule has 140 valence electrons. The number of amides is 1. The third kappa shape index (κ3) is 3.49. The van der Waals surface area contributed by atoms with E-state index in [1.165, 1.54) is 9.58 Å². The number of aliphatic hydroxyl groups is 1. The number of aromatic nitrogens is 2. The van der Waals surface area contributed by atoms with Crippen molar-refractivity contribution in [3.8, 4) is 0 Å². The second kappa shape index (κ2) is 5.93. The fraction of sp³-hybridized carbons (Fsp3) is 0.765. The number of alkyl halides is 2. The maximum atomic E-state index is 14.6. The Morgan fingerprint density at radius 3 is 2.72 bits per heavy atom. The lowest BCUT2D eigenvalue weighted by atomic mass is 9.96. The van der Waals surface area contributed by atoms with Crippen LogP contribution in [0.3, 0.4) is 0 Å². The first-order valence-electron chi connectivity index (χ1n) is 8.62. The molecule has 0 aromatic carbocycles. The first kappa shape index (κ1) is 18.1. The molecular formula is C17H25F2N3O3. The summed E-state index contributed by atoms with van der Waals surface area (Å²) in [5.41, 5.74) is 0.153. The van der Waals surface area contributed by atoms with E-state index < -0.39 is 30.1 Å². The van der Waals surface area contributed by atoms with Gasteiger partial charge < -0.3 is 14.7 Å². The fourth-order valence-electron chi connectivity index (χ4n) is 3.46. The Kier molecular flexibility index (Phi) is 4.29. The molecule has 8 heteroatoms. The lowest BCUT2D eigenvalue weighted by molar-refractivity contribution is -0.0260. The molecule has 0 radical (unpaired) electrons. The lowest BCUT2D eigenvalue weighted by Gasteiger charge is -2.35. The zero-order chi connectivity index (χ0) is 18.6. The van der Waals surface area contributed by atoms with Crippen LogP contribution < -0.4 is 0 Å². The van der Waals surface area contributed by atoms with Gasteiger partial charge in [-0.2, -0.15) is 13.9 Å². The predicted molar refractivity (Wildman–Crippen MR) is 86.3 cm³/mol. The maximum absolute atomic E-state index is 14.6. The van der Waals surface area contributed by atoms with Gasteiger partial charge in [0.2, 0.25) is 0 Å². The van der Waals surface area contributed by atoms with Crippen LogP contribution >= 0.6 is 0 Å². The molecule has 1 aromatic rings. The quantitative estimate of drug-likeness (QED) is 0.775. The standard InChI is InChI=1S/C17H25F2N3O3/c1-10-7-13-12(9-21(10)15(24)25-16(2,3)4)14-17(18,19)6-5-11(23)8-22(14)20-13/h10-11,23H,5-9H2,1-4H3. The minimum absolute atomic E-state index is 0.0251. The molecule has 0 bridgehead atoms. The average Bonchev–Trinajstić information content (AvgIpc) is 2.74. The van der Waals surface area contributed by atoms with E-state index in [1.54, 1.807) is 20.8 Å². The number of nitrogens with zero attached hydrogens (tertiary/aromatic N) is 3. The number of ether oxygens (including phenoxy) is 1. The second-order valence-electron chi connectivity index (χ2n) is 8.01. The zero-order valence-electron chi connectivity index (χ0n) is 15.1. The van der Waals surface area contributed by atoms with Gasteiger partial charge in [0.25, 0.3) is 5.92 Å². The second-order valence-corrected chi connectivity index (χ2v) is 8.01. The number of hydrogen-bond acceptors (Lipinski definition) is 4. The van der Waals surface area contributed by atoms with Crippen LogP contribution in [-0.2, 0) is 30.2 Å². The van der Waals surface area contributed by atoms with Crippen molar-refractivity contribution >= 4 is 6.09 Å². The third-order valence-corrected chi connectivity index (χ3v) is 4.63. The highest BCUT2D eigenvalue weighted by Gasteiger charge is 2.45.